The van der Waals surface area contributed by atoms with E-state index in [9.17, 15) is 8.42 Å². The maximum Gasteiger partial charge on any atom is 0.240 e. The van der Waals surface area contributed by atoms with Crippen LogP contribution in [0.5, 0.6) is 0 Å². The highest BCUT2D eigenvalue weighted by Crippen LogP contribution is 2.16. The summed E-state index contributed by atoms with van der Waals surface area (Å²) in [6.45, 7) is 4.02. The fraction of sp³-hybridized carbons (Fsp3) is 0.222. The average Bonchev–Trinajstić information content (AvgIpc) is 3.07. The van der Waals surface area contributed by atoms with E-state index < -0.39 is 10.0 Å². The third-order valence-corrected chi connectivity index (χ3v) is 5.38. The third-order valence-electron chi connectivity index (χ3n) is 3.92. The van der Waals surface area contributed by atoms with Crippen LogP contribution in [0, 0.1) is 13.8 Å². The van der Waals surface area contributed by atoms with Crippen molar-refractivity contribution in [3.8, 4) is 11.4 Å². The number of nitrogens with one attached hydrogen (secondary N) is 1. The Labute approximate surface area is 147 Å². The molecule has 0 radical (unpaired) electrons. The molecule has 0 aliphatic carbocycles. The Morgan fingerprint density at radius 1 is 1.04 bits per heavy atom. The fourth-order valence-electron chi connectivity index (χ4n) is 2.32. The van der Waals surface area contributed by atoms with Gasteiger partial charge in [-0.05, 0) is 37.1 Å². The second-order valence-corrected chi connectivity index (χ2v) is 7.54. The Morgan fingerprint density at radius 2 is 1.80 bits per heavy atom. The number of hydrogen-bond acceptors (Lipinski definition) is 5. The van der Waals surface area contributed by atoms with Crippen molar-refractivity contribution in [2.75, 3.05) is 6.54 Å². The minimum Gasteiger partial charge on any atom is -0.339 e. The summed E-state index contributed by atoms with van der Waals surface area (Å²) in [5.74, 6) is 0.884. The van der Waals surface area contributed by atoms with Crippen molar-refractivity contribution >= 4 is 10.0 Å². The Balaban J connectivity index is 1.63. The molecular formula is C18H19N3O3S. The predicted molar refractivity (Wildman–Crippen MR) is 94.5 cm³/mol. The maximum absolute atomic E-state index is 12.3. The zero-order valence-electron chi connectivity index (χ0n) is 14.1. The topological polar surface area (TPSA) is 85.1 Å². The van der Waals surface area contributed by atoms with Crippen molar-refractivity contribution in [1.82, 2.24) is 14.9 Å². The van der Waals surface area contributed by atoms with Crippen LogP contribution in [0.2, 0.25) is 0 Å². The summed E-state index contributed by atoms with van der Waals surface area (Å²) in [6, 6.07) is 14.5. The van der Waals surface area contributed by atoms with Gasteiger partial charge in [-0.2, -0.15) is 4.98 Å². The van der Waals surface area contributed by atoms with Gasteiger partial charge in [0.15, 0.2) is 0 Å². The van der Waals surface area contributed by atoms with Gasteiger partial charge in [-0.3, -0.25) is 0 Å². The second-order valence-electron chi connectivity index (χ2n) is 5.77. The number of aryl methyl sites for hydroxylation is 2. The van der Waals surface area contributed by atoms with Gasteiger partial charge in [0, 0.05) is 18.5 Å². The lowest BCUT2D eigenvalue weighted by Crippen LogP contribution is -2.26. The first kappa shape index (κ1) is 17.3. The number of sulfonamides is 1. The summed E-state index contributed by atoms with van der Waals surface area (Å²) in [6.07, 6.45) is 0.323. The van der Waals surface area contributed by atoms with Crippen molar-refractivity contribution < 1.29 is 12.9 Å². The molecule has 7 heteroatoms. The first-order chi connectivity index (χ1) is 12.0. The molecule has 1 aromatic heterocycles. The molecule has 0 unspecified atom stereocenters. The van der Waals surface area contributed by atoms with E-state index in [1.807, 2.05) is 44.2 Å². The lowest BCUT2D eigenvalue weighted by molar-refractivity contribution is 0.379. The summed E-state index contributed by atoms with van der Waals surface area (Å²) in [5, 5.41) is 3.92. The Hall–Kier alpha value is -2.51. The molecule has 0 bridgehead atoms. The molecule has 0 amide bonds. The lowest BCUT2D eigenvalue weighted by atomic mass is 10.1. The van der Waals surface area contributed by atoms with Gasteiger partial charge in [-0.1, -0.05) is 41.6 Å². The first-order valence-electron chi connectivity index (χ1n) is 7.90. The van der Waals surface area contributed by atoms with Gasteiger partial charge >= 0.3 is 0 Å². The van der Waals surface area contributed by atoms with Crippen LogP contribution in [0.3, 0.4) is 0 Å². The van der Waals surface area contributed by atoms with Crippen molar-refractivity contribution in [2.24, 2.45) is 0 Å². The van der Waals surface area contributed by atoms with E-state index in [1.165, 1.54) is 0 Å². The molecule has 0 aliphatic rings. The van der Waals surface area contributed by atoms with Gasteiger partial charge in [0.1, 0.15) is 0 Å². The number of aromatic nitrogens is 2. The fourth-order valence-corrected chi connectivity index (χ4v) is 3.43. The molecule has 25 heavy (non-hydrogen) atoms. The highest BCUT2D eigenvalue weighted by molar-refractivity contribution is 7.89. The van der Waals surface area contributed by atoms with E-state index in [0.717, 1.165) is 16.7 Å². The summed E-state index contributed by atoms with van der Waals surface area (Å²) >= 11 is 0. The highest BCUT2D eigenvalue weighted by atomic mass is 32.2. The molecular weight excluding hydrogens is 338 g/mol. The zero-order chi connectivity index (χ0) is 17.9. The SMILES string of the molecule is Cc1ccc(S(=O)(=O)NCCc2nc(-c3ccccc3)no2)cc1C. The highest BCUT2D eigenvalue weighted by Gasteiger charge is 2.15. The van der Waals surface area contributed by atoms with Gasteiger partial charge in [0.2, 0.25) is 21.7 Å². The van der Waals surface area contributed by atoms with Crippen LogP contribution in [0.1, 0.15) is 17.0 Å². The van der Waals surface area contributed by atoms with Gasteiger partial charge in [-0.25, -0.2) is 13.1 Å². The van der Waals surface area contributed by atoms with Crippen LogP contribution in [0.25, 0.3) is 11.4 Å². The van der Waals surface area contributed by atoms with Crippen LogP contribution in [-0.2, 0) is 16.4 Å². The number of rotatable bonds is 6. The quantitative estimate of drug-likeness (QED) is 0.733. The predicted octanol–water partition coefficient (Wildman–Crippen LogP) is 2.87. The van der Waals surface area contributed by atoms with Crippen LogP contribution in [0.15, 0.2) is 57.9 Å². The largest absolute Gasteiger partial charge is 0.339 e. The van der Waals surface area contributed by atoms with Gasteiger partial charge in [0.25, 0.3) is 0 Å². The van der Waals surface area contributed by atoms with Crippen molar-refractivity contribution in [3.05, 3.63) is 65.5 Å². The Kier molecular flexibility index (Phi) is 4.96. The first-order valence-corrected chi connectivity index (χ1v) is 9.39. The summed E-state index contributed by atoms with van der Waals surface area (Å²) in [7, 11) is -3.55. The maximum atomic E-state index is 12.3. The molecule has 1 N–H and O–H groups in total. The molecule has 0 atom stereocenters. The van der Waals surface area contributed by atoms with Crippen molar-refractivity contribution in [3.63, 3.8) is 0 Å². The summed E-state index contributed by atoms with van der Waals surface area (Å²) in [5.41, 5.74) is 2.85. The molecule has 6 nitrogen and oxygen atoms in total. The Bertz CT molecular complexity index is 966. The molecule has 1 heterocycles. The molecule has 0 spiro atoms. The lowest BCUT2D eigenvalue weighted by Gasteiger charge is -2.07. The molecule has 3 aromatic rings. The molecule has 0 fully saturated rings. The molecule has 0 saturated heterocycles. The molecule has 2 aromatic carbocycles. The zero-order valence-corrected chi connectivity index (χ0v) is 14.9. The van der Waals surface area contributed by atoms with Gasteiger partial charge in [0.05, 0.1) is 4.90 Å². The molecule has 3 rings (SSSR count). The summed E-state index contributed by atoms with van der Waals surface area (Å²) < 4.78 is 32.4. The smallest absolute Gasteiger partial charge is 0.240 e. The monoisotopic (exact) mass is 357 g/mol. The normalized spacial score (nSPS) is 11.6. The van der Waals surface area contributed by atoms with Gasteiger partial charge < -0.3 is 4.52 Å². The van der Waals surface area contributed by atoms with Crippen LogP contribution in [-0.4, -0.2) is 25.1 Å². The van der Waals surface area contributed by atoms with Crippen LogP contribution in [0.4, 0.5) is 0 Å². The standard InChI is InChI=1S/C18H19N3O3S/c1-13-8-9-16(12-14(13)2)25(22,23)19-11-10-17-20-18(21-24-17)15-6-4-3-5-7-15/h3-9,12,19H,10-11H2,1-2H3. The van der Waals surface area contributed by atoms with E-state index in [4.69, 9.17) is 4.52 Å². The third kappa shape index (κ3) is 4.12. The van der Waals surface area contributed by atoms with E-state index in [1.54, 1.807) is 18.2 Å². The van der Waals surface area contributed by atoms with E-state index in [2.05, 4.69) is 14.9 Å². The minimum atomic E-state index is -3.55. The van der Waals surface area contributed by atoms with Crippen LogP contribution >= 0.6 is 0 Å². The molecule has 0 saturated carbocycles. The van der Waals surface area contributed by atoms with Gasteiger partial charge in [-0.15, -0.1) is 0 Å². The van der Waals surface area contributed by atoms with Crippen LogP contribution < -0.4 is 4.72 Å². The van der Waals surface area contributed by atoms with Crippen molar-refractivity contribution in [2.45, 2.75) is 25.2 Å². The number of hydrogen-bond donors (Lipinski definition) is 1. The Morgan fingerprint density at radius 3 is 2.52 bits per heavy atom. The summed E-state index contributed by atoms with van der Waals surface area (Å²) in [4.78, 5) is 4.54. The molecule has 130 valence electrons. The average molecular weight is 357 g/mol. The number of nitrogens with zero attached hydrogens (tertiary/aromatic N) is 2. The van der Waals surface area contributed by atoms with E-state index in [-0.39, 0.29) is 11.4 Å². The van der Waals surface area contributed by atoms with E-state index in [0.29, 0.717) is 18.1 Å². The van der Waals surface area contributed by atoms with E-state index >= 15 is 0 Å². The second kappa shape index (κ2) is 7.16. The van der Waals surface area contributed by atoms with Crippen molar-refractivity contribution in [1.29, 1.82) is 0 Å². The molecule has 0 aliphatic heterocycles. The minimum absolute atomic E-state index is 0.186. The number of benzene rings is 2.